The van der Waals surface area contributed by atoms with Crippen molar-refractivity contribution in [3.63, 3.8) is 0 Å². The molecule has 0 radical (unpaired) electrons. The van der Waals surface area contributed by atoms with Gasteiger partial charge in [0.15, 0.2) is 0 Å². The maximum atomic E-state index is 9.71. The highest BCUT2D eigenvalue weighted by Crippen LogP contribution is 2.47. The maximum Gasteiger partial charge on any atom is 0.0992 e. The first-order valence-electron chi connectivity index (χ1n) is 16.4. The van der Waals surface area contributed by atoms with Gasteiger partial charge in [0.25, 0.3) is 0 Å². The van der Waals surface area contributed by atoms with Crippen molar-refractivity contribution in [2.45, 2.75) is 0 Å². The summed E-state index contributed by atoms with van der Waals surface area (Å²) in [4.78, 5) is 0. The zero-order chi connectivity index (χ0) is 32.6. The van der Waals surface area contributed by atoms with E-state index in [2.05, 4.69) is 150 Å². The number of para-hydroxylation sites is 1. The van der Waals surface area contributed by atoms with E-state index >= 15 is 0 Å². The summed E-state index contributed by atoms with van der Waals surface area (Å²) in [5.41, 5.74) is 6.29. The van der Waals surface area contributed by atoms with Crippen LogP contribution in [0.2, 0.25) is 0 Å². The standard InChI is InChI=1S/C46H25N3/c47-26-28-22-29(27-48)24-31(23-28)30-18-19-39-42(25-30)36-15-5-4-13-34(36)38-20-21-41-44-37-16-8-6-12-33(37)35-14-7-9-17-40(35)45(44)49(46(41)43(38)39)32-10-2-1-3-11-32/h1-25H. The Labute approximate surface area is 281 Å². The van der Waals surface area contributed by atoms with Gasteiger partial charge in [-0.25, -0.2) is 0 Å². The summed E-state index contributed by atoms with van der Waals surface area (Å²) in [6.07, 6.45) is 0. The normalized spacial score (nSPS) is 11.6. The molecular weight excluding hydrogens is 595 g/mol. The van der Waals surface area contributed by atoms with E-state index in [-0.39, 0.29) is 0 Å². The molecule has 3 heteroatoms. The topological polar surface area (TPSA) is 52.5 Å². The van der Waals surface area contributed by atoms with Crippen LogP contribution in [0.25, 0.3) is 92.5 Å². The van der Waals surface area contributed by atoms with Crippen molar-refractivity contribution >= 4 is 75.7 Å². The molecule has 0 aliphatic rings. The van der Waals surface area contributed by atoms with E-state index < -0.39 is 0 Å². The van der Waals surface area contributed by atoms with Crippen molar-refractivity contribution in [2.75, 3.05) is 0 Å². The van der Waals surface area contributed by atoms with Gasteiger partial charge in [-0.3, -0.25) is 0 Å². The molecule has 10 aromatic rings. The average molecular weight is 620 g/mol. The molecule has 224 valence electrons. The average Bonchev–Trinajstić information content (AvgIpc) is 3.54. The molecule has 0 fully saturated rings. The monoisotopic (exact) mass is 619 g/mol. The van der Waals surface area contributed by atoms with Crippen molar-refractivity contribution in [3.05, 3.63) is 163 Å². The van der Waals surface area contributed by atoms with E-state index in [4.69, 9.17) is 0 Å². The fraction of sp³-hybridized carbons (Fsp3) is 0. The minimum absolute atomic E-state index is 0.478. The van der Waals surface area contributed by atoms with Gasteiger partial charge in [-0.05, 0) is 90.6 Å². The number of aromatic nitrogens is 1. The fourth-order valence-corrected chi connectivity index (χ4v) is 8.14. The van der Waals surface area contributed by atoms with E-state index in [0.717, 1.165) is 27.6 Å². The maximum absolute atomic E-state index is 9.71. The van der Waals surface area contributed by atoms with Crippen LogP contribution in [0.3, 0.4) is 0 Å². The Kier molecular flexibility index (Phi) is 5.71. The lowest BCUT2D eigenvalue weighted by Crippen LogP contribution is -1.96. The van der Waals surface area contributed by atoms with Gasteiger partial charge in [0.2, 0.25) is 0 Å². The summed E-state index contributed by atoms with van der Waals surface area (Å²) in [7, 11) is 0. The van der Waals surface area contributed by atoms with Crippen LogP contribution in [0, 0.1) is 22.7 Å². The van der Waals surface area contributed by atoms with Crippen molar-refractivity contribution in [1.29, 1.82) is 10.5 Å². The Hall–Kier alpha value is -6.94. The first-order chi connectivity index (χ1) is 24.2. The van der Waals surface area contributed by atoms with Gasteiger partial charge >= 0.3 is 0 Å². The zero-order valence-corrected chi connectivity index (χ0v) is 26.3. The smallest absolute Gasteiger partial charge is 0.0992 e. The van der Waals surface area contributed by atoms with Gasteiger partial charge in [-0.1, -0.05) is 115 Å². The molecule has 0 saturated carbocycles. The third-order valence-corrected chi connectivity index (χ3v) is 10.1. The van der Waals surface area contributed by atoms with Gasteiger partial charge in [0.05, 0.1) is 34.3 Å². The second-order valence-corrected chi connectivity index (χ2v) is 12.7. The first kappa shape index (κ1) is 27.2. The Morgan fingerprint density at radius 3 is 1.45 bits per heavy atom. The molecule has 0 amide bonds. The molecule has 49 heavy (non-hydrogen) atoms. The molecule has 0 saturated heterocycles. The first-order valence-corrected chi connectivity index (χ1v) is 16.4. The van der Waals surface area contributed by atoms with Crippen LogP contribution in [0.4, 0.5) is 0 Å². The molecule has 0 spiro atoms. The molecule has 0 bridgehead atoms. The molecule has 0 N–H and O–H groups in total. The minimum atomic E-state index is 0.478. The van der Waals surface area contributed by atoms with Crippen molar-refractivity contribution in [3.8, 4) is 29.0 Å². The number of rotatable bonds is 2. The van der Waals surface area contributed by atoms with Crippen LogP contribution < -0.4 is 0 Å². The Morgan fingerprint density at radius 2 is 0.796 bits per heavy atom. The quantitative estimate of drug-likeness (QED) is 0.181. The van der Waals surface area contributed by atoms with Gasteiger partial charge in [0, 0.05) is 27.2 Å². The molecule has 1 heterocycles. The summed E-state index contributed by atoms with van der Waals surface area (Å²) in [5.74, 6) is 0. The van der Waals surface area contributed by atoms with Crippen LogP contribution in [-0.4, -0.2) is 4.57 Å². The molecule has 10 rings (SSSR count). The predicted octanol–water partition coefficient (Wildman–Crippen LogP) is 12.0. The van der Waals surface area contributed by atoms with E-state index in [0.29, 0.717) is 11.1 Å². The van der Waals surface area contributed by atoms with Crippen LogP contribution in [-0.2, 0) is 0 Å². The highest BCUT2D eigenvalue weighted by molar-refractivity contribution is 6.38. The molecule has 0 atom stereocenters. The molecular formula is C46H25N3. The lowest BCUT2D eigenvalue weighted by Gasteiger charge is -2.16. The number of hydrogen-bond donors (Lipinski definition) is 0. The van der Waals surface area contributed by atoms with E-state index in [1.165, 1.54) is 64.9 Å². The SMILES string of the molecule is N#Cc1cc(C#N)cc(-c2ccc3c(c2)c2ccccc2c2ccc4c5c6ccccc6c6ccccc6c5n(-c5ccccc5)c4c23)c1. The number of nitrogens with zero attached hydrogens (tertiary/aromatic N) is 3. The van der Waals surface area contributed by atoms with Crippen LogP contribution in [0.15, 0.2) is 152 Å². The molecule has 9 aromatic carbocycles. The van der Waals surface area contributed by atoms with E-state index in [9.17, 15) is 10.5 Å². The predicted molar refractivity (Wildman–Crippen MR) is 203 cm³/mol. The second kappa shape index (κ2) is 10.3. The third-order valence-electron chi connectivity index (χ3n) is 10.1. The lowest BCUT2D eigenvalue weighted by atomic mass is 9.90. The lowest BCUT2D eigenvalue weighted by molar-refractivity contribution is 1.19. The second-order valence-electron chi connectivity index (χ2n) is 12.7. The molecule has 0 unspecified atom stereocenters. The van der Waals surface area contributed by atoms with Crippen molar-refractivity contribution < 1.29 is 0 Å². The Morgan fingerprint density at radius 1 is 0.347 bits per heavy atom. The number of hydrogen-bond acceptors (Lipinski definition) is 2. The third kappa shape index (κ3) is 3.82. The van der Waals surface area contributed by atoms with Gasteiger partial charge in [0.1, 0.15) is 0 Å². The van der Waals surface area contributed by atoms with Gasteiger partial charge < -0.3 is 4.57 Å². The largest absolute Gasteiger partial charge is 0.308 e. The number of fused-ring (bicyclic) bond motifs is 15. The molecule has 0 aliphatic carbocycles. The van der Waals surface area contributed by atoms with Crippen molar-refractivity contribution in [2.24, 2.45) is 0 Å². The Bertz CT molecular complexity index is 3080. The summed E-state index contributed by atoms with van der Waals surface area (Å²) in [5, 5.41) is 33.9. The number of nitriles is 2. The summed E-state index contributed by atoms with van der Waals surface area (Å²) in [6, 6.07) is 58.0. The molecule has 1 aromatic heterocycles. The minimum Gasteiger partial charge on any atom is -0.308 e. The summed E-state index contributed by atoms with van der Waals surface area (Å²) in [6.45, 7) is 0. The van der Waals surface area contributed by atoms with Gasteiger partial charge in [-0.2, -0.15) is 10.5 Å². The fourth-order valence-electron chi connectivity index (χ4n) is 8.14. The molecule has 0 aliphatic heterocycles. The van der Waals surface area contributed by atoms with Crippen molar-refractivity contribution in [1.82, 2.24) is 4.57 Å². The zero-order valence-electron chi connectivity index (χ0n) is 26.3. The van der Waals surface area contributed by atoms with Crippen LogP contribution in [0.5, 0.6) is 0 Å². The number of benzene rings is 9. The van der Waals surface area contributed by atoms with Crippen LogP contribution >= 0.6 is 0 Å². The Balaban J connectivity index is 1.46. The highest BCUT2D eigenvalue weighted by atomic mass is 15.0. The highest BCUT2D eigenvalue weighted by Gasteiger charge is 2.22. The summed E-state index contributed by atoms with van der Waals surface area (Å²) < 4.78 is 2.49. The van der Waals surface area contributed by atoms with Crippen LogP contribution in [0.1, 0.15) is 11.1 Å². The van der Waals surface area contributed by atoms with E-state index in [1.54, 1.807) is 6.07 Å². The van der Waals surface area contributed by atoms with E-state index in [1.807, 2.05) is 12.1 Å². The summed E-state index contributed by atoms with van der Waals surface area (Å²) >= 11 is 0. The molecule has 3 nitrogen and oxygen atoms in total. The van der Waals surface area contributed by atoms with Gasteiger partial charge in [-0.15, -0.1) is 0 Å².